The van der Waals surface area contributed by atoms with E-state index < -0.39 is 23.9 Å². The molecule has 2 aromatic rings. The fraction of sp³-hybridized carbons (Fsp3) is 0.594. The summed E-state index contributed by atoms with van der Waals surface area (Å²) < 4.78 is 48.4. The average molecular weight is 567 g/mol. The highest BCUT2D eigenvalue weighted by Crippen LogP contribution is 2.69. The van der Waals surface area contributed by atoms with Crippen molar-refractivity contribution in [2.75, 3.05) is 28.1 Å². The molecular weight excluding hydrogens is 528 g/mol. The number of fused-ring (bicyclic) bond motifs is 9. The molecule has 2 saturated heterocycles. The minimum atomic E-state index is -1.16. The van der Waals surface area contributed by atoms with Crippen molar-refractivity contribution in [3.8, 4) is 28.7 Å². The number of carbonyl (C=O) groups is 1. The first-order chi connectivity index (χ1) is 19.8. The van der Waals surface area contributed by atoms with E-state index in [0.717, 1.165) is 24.0 Å². The van der Waals surface area contributed by atoms with Crippen LogP contribution in [0.5, 0.6) is 28.7 Å². The third-order valence-corrected chi connectivity index (χ3v) is 9.90. The zero-order chi connectivity index (χ0) is 28.6. The zero-order valence-electron chi connectivity index (χ0n) is 24.4. The van der Waals surface area contributed by atoms with Crippen molar-refractivity contribution in [1.82, 2.24) is 0 Å². The summed E-state index contributed by atoms with van der Waals surface area (Å²) in [7, 11) is 4.71. The Kier molecular flexibility index (Phi) is 6.32. The van der Waals surface area contributed by atoms with E-state index >= 15 is 0 Å². The second-order valence-corrected chi connectivity index (χ2v) is 12.3. The first-order valence-corrected chi connectivity index (χ1v) is 14.6. The Hall–Kier alpha value is -3.17. The van der Waals surface area contributed by atoms with E-state index in [2.05, 4.69) is 20.8 Å². The van der Waals surface area contributed by atoms with Gasteiger partial charge in [0.25, 0.3) is 0 Å². The van der Waals surface area contributed by atoms with Crippen molar-refractivity contribution in [3.63, 3.8) is 0 Å². The SMILES string of the molecule is COc1cc(C23OC(c4cc5c(cc42)OCO5)C2C(OC4CC(C)CCC4C(C)C)OC(=O)C23)cc(OC)c1OC. The topological polar surface area (TPSA) is 90.9 Å². The van der Waals surface area contributed by atoms with Crippen molar-refractivity contribution in [2.45, 2.75) is 64.1 Å². The van der Waals surface area contributed by atoms with Crippen LogP contribution in [-0.4, -0.2) is 46.5 Å². The van der Waals surface area contributed by atoms with Crippen LogP contribution >= 0.6 is 0 Å². The lowest BCUT2D eigenvalue weighted by Gasteiger charge is -2.39. The Morgan fingerprint density at radius 3 is 2.32 bits per heavy atom. The molecule has 3 fully saturated rings. The molecule has 4 heterocycles. The second kappa shape index (κ2) is 9.70. The molecule has 1 saturated carbocycles. The van der Waals surface area contributed by atoms with Gasteiger partial charge < -0.3 is 37.9 Å². The van der Waals surface area contributed by atoms with Gasteiger partial charge in [-0.2, -0.15) is 0 Å². The minimum Gasteiger partial charge on any atom is -0.493 e. The molecule has 2 aromatic carbocycles. The fourth-order valence-corrected chi connectivity index (χ4v) is 7.96. The van der Waals surface area contributed by atoms with Crippen molar-refractivity contribution in [1.29, 1.82) is 0 Å². The van der Waals surface area contributed by atoms with Crippen molar-refractivity contribution >= 4 is 5.97 Å². The Morgan fingerprint density at radius 1 is 0.951 bits per heavy atom. The van der Waals surface area contributed by atoms with Crippen LogP contribution in [0.4, 0.5) is 0 Å². The molecule has 2 bridgehead atoms. The van der Waals surface area contributed by atoms with Gasteiger partial charge in [-0.3, -0.25) is 4.79 Å². The third kappa shape index (κ3) is 3.77. The smallest absolute Gasteiger partial charge is 0.315 e. The van der Waals surface area contributed by atoms with Crippen LogP contribution in [0.15, 0.2) is 24.3 Å². The number of methoxy groups -OCH3 is 3. The zero-order valence-corrected chi connectivity index (χ0v) is 24.4. The van der Waals surface area contributed by atoms with Gasteiger partial charge in [-0.15, -0.1) is 0 Å². The molecule has 220 valence electrons. The maximum Gasteiger partial charge on any atom is 0.315 e. The van der Waals surface area contributed by atoms with E-state index in [9.17, 15) is 4.79 Å². The van der Waals surface area contributed by atoms with Crippen molar-refractivity contribution in [3.05, 3.63) is 41.0 Å². The van der Waals surface area contributed by atoms with E-state index in [4.69, 9.17) is 37.9 Å². The number of rotatable bonds is 7. The maximum atomic E-state index is 13.9. The first kappa shape index (κ1) is 26.7. The molecule has 0 amide bonds. The molecule has 0 aromatic heterocycles. The van der Waals surface area contributed by atoms with Gasteiger partial charge in [0.2, 0.25) is 18.8 Å². The second-order valence-electron chi connectivity index (χ2n) is 12.3. The summed E-state index contributed by atoms with van der Waals surface area (Å²) in [5.41, 5.74) is 1.36. The summed E-state index contributed by atoms with van der Waals surface area (Å²) >= 11 is 0. The number of ether oxygens (including phenoxy) is 8. The van der Waals surface area contributed by atoms with Crippen LogP contribution in [0.3, 0.4) is 0 Å². The Bertz CT molecular complexity index is 1350. The molecular formula is C32H38O9. The maximum absolute atomic E-state index is 13.9. The molecule has 7 rings (SSSR count). The summed E-state index contributed by atoms with van der Waals surface area (Å²) in [6.07, 6.45) is 2.13. The molecule has 1 aliphatic carbocycles. The van der Waals surface area contributed by atoms with Gasteiger partial charge in [0.1, 0.15) is 11.5 Å². The van der Waals surface area contributed by atoms with Gasteiger partial charge in [-0.05, 0) is 71.6 Å². The first-order valence-electron chi connectivity index (χ1n) is 14.6. The molecule has 8 atom stereocenters. The van der Waals surface area contributed by atoms with Crippen LogP contribution in [0, 0.1) is 29.6 Å². The average Bonchev–Trinajstić information content (AvgIpc) is 3.72. The van der Waals surface area contributed by atoms with Gasteiger partial charge in [-0.1, -0.05) is 27.2 Å². The standard InChI is InChI=1S/C32H38O9/c1-15(2)18-8-7-16(3)9-21(18)39-31-26-27(30(33)40-31)32(17-10-24(34-4)29(36-6)25(11-17)35-5)20-13-23-22(37-14-38-23)12-19(20)28(26)41-32/h10-13,15-16,18,21,26-28,31H,7-9,14H2,1-6H3. The fourth-order valence-electron chi connectivity index (χ4n) is 7.96. The van der Waals surface area contributed by atoms with E-state index in [0.29, 0.717) is 52.1 Å². The van der Waals surface area contributed by atoms with Gasteiger partial charge in [0.15, 0.2) is 23.0 Å². The van der Waals surface area contributed by atoms with Crippen LogP contribution in [0.25, 0.3) is 0 Å². The largest absolute Gasteiger partial charge is 0.493 e. The summed E-state index contributed by atoms with van der Waals surface area (Å²) in [5.74, 6) is 2.86. The Balaban J connectivity index is 1.36. The van der Waals surface area contributed by atoms with Crippen LogP contribution in [0.2, 0.25) is 0 Å². The number of cyclic esters (lactones) is 1. The van der Waals surface area contributed by atoms with Crippen LogP contribution in [-0.2, 0) is 24.6 Å². The quantitative estimate of drug-likeness (QED) is 0.411. The highest BCUT2D eigenvalue weighted by atomic mass is 16.7. The summed E-state index contributed by atoms with van der Waals surface area (Å²) in [6, 6.07) is 7.65. The molecule has 0 spiro atoms. The predicted molar refractivity (Wildman–Crippen MR) is 146 cm³/mol. The van der Waals surface area contributed by atoms with E-state index in [1.807, 2.05) is 24.3 Å². The number of benzene rings is 2. The summed E-state index contributed by atoms with van der Waals surface area (Å²) in [5, 5.41) is 0. The lowest BCUT2D eigenvalue weighted by molar-refractivity contribution is -0.205. The van der Waals surface area contributed by atoms with Crippen LogP contribution < -0.4 is 23.7 Å². The number of esters is 1. The van der Waals surface area contributed by atoms with Gasteiger partial charge in [-0.25, -0.2) is 0 Å². The van der Waals surface area contributed by atoms with Gasteiger partial charge in [0, 0.05) is 0 Å². The molecule has 4 aliphatic heterocycles. The summed E-state index contributed by atoms with van der Waals surface area (Å²) in [6.45, 7) is 6.92. The van der Waals surface area contributed by atoms with E-state index in [1.165, 1.54) is 6.42 Å². The van der Waals surface area contributed by atoms with Gasteiger partial charge >= 0.3 is 5.97 Å². The highest BCUT2D eigenvalue weighted by molar-refractivity contribution is 5.81. The lowest BCUT2D eigenvalue weighted by atomic mass is 9.66. The lowest BCUT2D eigenvalue weighted by Crippen LogP contribution is -2.41. The number of hydrogen-bond acceptors (Lipinski definition) is 9. The van der Waals surface area contributed by atoms with Gasteiger partial charge in [0.05, 0.1) is 39.5 Å². The summed E-state index contributed by atoms with van der Waals surface area (Å²) in [4.78, 5) is 13.9. The minimum absolute atomic E-state index is 0.0165. The van der Waals surface area contributed by atoms with Crippen LogP contribution in [0.1, 0.15) is 62.8 Å². The third-order valence-electron chi connectivity index (χ3n) is 9.90. The molecule has 8 unspecified atom stereocenters. The normalized spacial score (nSPS) is 34.4. The number of hydrogen-bond donors (Lipinski definition) is 0. The number of carbonyl (C=O) groups excluding carboxylic acids is 1. The molecule has 5 aliphatic rings. The highest BCUT2D eigenvalue weighted by Gasteiger charge is 2.72. The molecule has 0 N–H and O–H groups in total. The molecule has 9 heteroatoms. The molecule has 0 radical (unpaired) electrons. The monoisotopic (exact) mass is 566 g/mol. The predicted octanol–water partition coefficient (Wildman–Crippen LogP) is 5.36. The van der Waals surface area contributed by atoms with E-state index in [-0.39, 0.29) is 24.8 Å². The molecule has 9 nitrogen and oxygen atoms in total. The Morgan fingerprint density at radius 2 is 1.66 bits per heavy atom. The van der Waals surface area contributed by atoms with Crippen molar-refractivity contribution < 1.29 is 42.7 Å². The molecule has 41 heavy (non-hydrogen) atoms. The Labute approximate surface area is 240 Å². The van der Waals surface area contributed by atoms with E-state index in [1.54, 1.807) is 21.3 Å². The van der Waals surface area contributed by atoms with Crippen molar-refractivity contribution in [2.24, 2.45) is 29.6 Å².